The molecule has 0 bridgehead atoms. The fourth-order valence-electron chi connectivity index (χ4n) is 2.57. The molecule has 0 spiro atoms. The van der Waals surface area contributed by atoms with Gasteiger partial charge in [-0.25, -0.2) is 4.39 Å². The van der Waals surface area contributed by atoms with Crippen molar-refractivity contribution in [3.05, 3.63) is 81.6 Å². The number of alkyl halides is 1. The zero-order chi connectivity index (χ0) is 15.0. The van der Waals surface area contributed by atoms with Crippen molar-refractivity contribution in [2.45, 2.75) is 12.3 Å². The second-order valence-corrected chi connectivity index (χ2v) is 6.29. The molecule has 21 heavy (non-hydrogen) atoms. The Morgan fingerprint density at radius 2 is 1.62 bits per heavy atom. The van der Waals surface area contributed by atoms with Gasteiger partial charge in [-0.2, -0.15) is 0 Å². The van der Waals surface area contributed by atoms with Crippen molar-refractivity contribution in [2.24, 2.45) is 0 Å². The van der Waals surface area contributed by atoms with Gasteiger partial charge < -0.3 is 0 Å². The molecule has 106 valence electrons. The van der Waals surface area contributed by atoms with Crippen molar-refractivity contribution < 1.29 is 4.39 Å². The minimum Gasteiger partial charge on any atom is -0.206 e. The van der Waals surface area contributed by atoms with Gasteiger partial charge in [0.05, 0.1) is 5.38 Å². The van der Waals surface area contributed by atoms with Gasteiger partial charge in [-0.15, -0.1) is 11.6 Å². The number of hydrogen-bond donors (Lipinski definition) is 0. The summed E-state index contributed by atoms with van der Waals surface area (Å²) in [5.41, 5.74) is 3.06. The largest absolute Gasteiger partial charge is 0.206 e. The summed E-state index contributed by atoms with van der Waals surface area (Å²) in [6, 6.07) is 16.7. The van der Waals surface area contributed by atoms with E-state index in [2.05, 4.69) is 15.9 Å². The predicted octanol–water partition coefficient (Wildman–Crippen LogP) is 6.38. The lowest BCUT2D eigenvalue weighted by atomic mass is 9.95. The highest BCUT2D eigenvalue weighted by atomic mass is 79.9. The highest BCUT2D eigenvalue weighted by molar-refractivity contribution is 9.10. The van der Waals surface area contributed by atoms with E-state index in [0.717, 1.165) is 26.5 Å². The molecule has 3 aromatic rings. The van der Waals surface area contributed by atoms with E-state index < -0.39 is 0 Å². The molecule has 0 saturated heterocycles. The van der Waals surface area contributed by atoms with Gasteiger partial charge >= 0.3 is 0 Å². The third-order valence-electron chi connectivity index (χ3n) is 3.76. The Kier molecular flexibility index (Phi) is 4.01. The molecular formula is C18H13BrClF. The molecule has 0 aliphatic heterocycles. The summed E-state index contributed by atoms with van der Waals surface area (Å²) in [5, 5.41) is 1.15. The number of benzene rings is 3. The summed E-state index contributed by atoms with van der Waals surface area (Å²) in [6.07, 6.45) is 0. The van der Waals surface area contributed by atoms with Crippen LogP contribution in [0.4, 0.5) is 4.39 Å². The molecular weight excluding hydrogens is 351 g/mol. The van der Waals surface area contributed by atoms with Gasteiger partial charge in [-0.3, -0.25) is 0 Å². The highest BCUT2D eigenvalue weighted by Crippen LogP contribution is 2.37. The van der Waals surface area contributed by atoms with E-state index >= 15 is 0 Å². The molecule has 0 heterocycles. The van der Waals surface area contributed by atoms with E-state index in [1.165, 1.54) is 6.07 Å². The number of rotatable bonds is 2. The van der Waals surface area contributed by atoms with Gasteiger partial charge in [0.2, 0.25) is 0 Å². The Balaban J connectivity index is 2.21. The van der Waals surface area contributed by atoms with Crippen molar-refractivity contribution >= 4 is 38.3 Å². The van der Waals surface area contributed by atoms with Crippen LogP contribution in [0.2, 0.25) is 0 Å². The zero-order valence-electron chi connectivity index (χ0n) is 11.4. The van der Waals surface area contributed by atoms with Crippen LogP contribution < -0.4 is 0 Å². The lowest BCUT2D eigenvalue weighted by molar-refractivity contribution is 0.639. The average Bonchev–Trinajstić information content (AvgIpc) is 2.50. The fraction of sp³-hybridized carbons (Fsp3) is 0.111. The maximum absolute atomic E-state index is 13.9. The lowest BCUT2D eigenvalue weighted by Crippen LogP contribution is -1.98. The minimum absolute atomic E-state index is 0.218. The summed E-state index contributed by atoms with van der Waals surface area (Å²) in [6.45, 7) is 2.03. The van der Waals surface area contributed by atoms with Crippen molar-refractivity contribution in [1.29, 1.82) is 0 Å². The molecule has 0 nitrogen and oxygen atoms in total. The van der Waals surface area contributed by atoms with Crippen LogP contribution in [0.3, 0.4) is 0 Å². The number of fused-ring (bicyclic) bond motifs is 1. The fourth-order valence-corrected chi connectivity index (χ4v) is 3.38. The first kappa shape index (κ1) is 14.6. The smallest absolute Gasteiger partial charge is 0.131 e. The molecule has 0 aliphatic rings. The van der Waals surface area contributed by atoms with E-state index in [0.29, 0.717) is 5.39 Å². The van der Waals surface area contributed by atoms with E-state index in [1.807, 2.05) is 43.3 Å². The first-order valence-corrected chi connectivity index (χ1v) is 7.89. The Morgan fingerprint density at radius 3 is 2.38 bits per heavy atom. The van der Waals surface area contributed by atoms with Crippen LogP contribution in [0.25, 0.3) is 10.8 Å². The molecule has 3 aromatic carbocycles. The standard InChI is InChI=1S/C18H13BrClF/c1-11-12(7-4-8-16(11)19)18(20)15-9-10-17(21)14-6-3-2-5-13(14)15/h2-10,18H,1H3. The summed E-state index contributed by atoms with van der Waals surface area (Å²) >= 11 is 10.2. The molecule has 0 saturated carbocycles. The van der Waals surface area contributed by atoms with Crippen LogP contribution in [-0.2, 0) is 0 Å². The van der Waals surface area contributed by atoms with Gasteiger partial charge in [-0.1, -0.05) is 58.4 Å². The quantitative estimate of drug-likeness (QED) is 0.463. The van der Waals surface area contributed by atoms with Crippen LogP contribution >= 0.6 is 27.5 Å². The summed E-state index contributed by atoms with van der Waals surface area (Å²) < 4.78 is 14.9. The minimum atomic E-state index is -0.312. The van der Waals surface area contributed by atoms with Gasteiger partial charge in [0.25, 0.3) is 0 Å². The Bertz CT molecular complexity index is 813. The Hall–Kier alpha value is -1.38. The normalized spacial score (nSPS) is 12.6. The molecule has 3 rings (SSSR count). The van der Waals surface area contributed by atoms with Gasteiger partial charge in [-0.05, 0) is 41.1 Å². The van der Waals surface area contributed by atoms with Crippen LogP contribution in [0.5, 0.6) is 0 Å². The monoisotopic (exact) mass is 362 g/mol. The van der Waals surface area contributed by atoms with Gasteiger partial charge in [0.15, 0.2) is 0 Å². The SMILES string of the molecule is Cc1c(Br)cccc1C(Cl)c1ccc(F)c2ccccc12. The van der Waals surface area contributed by atoms with Crippen LogP contribution in [0.1, 0.15) is 22.1 Å². The molecule has 3 heteroatoms. The second-order valence-electron chi connectivity index (χ2n) is 5.00. The van der Waals surface area contributed by atoms with Crippen molar-refractivity contribution in [1.82, 2.24) is 0 Å². The highest BCUT2D eigenvalue weighted by Gasteiger charge is 2.17. The van der Waals surface area contributed by atoms with Crippen LogP contribution in [0, 0.1) is 12.7 Å². The molecule has 1 atom stereocenters. The van der Waals surface area contributed by atoms with Crippen LogP contribution in [0.15, 0.2) is 59.1 Å². The number of halogens is 3. The van der Waals surface area contributed by atoms with Crippen molar-refractivity contribution in [3.63, 3.8) is 0 Å². The Labute approximate surface area is 136 Å². The first-order valence-electron chi connectivity index (χ1n) is 6.66. The second kappa shape index (κ2) is 5.78. The molecule has 0 aromatic heterocycles. The first-order chi connectivity index (χ1) is 10.1. The summed E-state index contributed by atoms with van der Waals surface area (Å²) in [4.78, 5) is 0. The summed E-state index contributed by atoms with van der Waals surface area (Å²) in [7, 11) is 0. The summed E-state index contributed by atoms with van der Waals surface area (Å²) in [5.74, 6) is -0.218. The van der Waals surface area contributed by atoms with Gasteiger partial charge in [0, 0.05) is 9.86 Å². The number of hydrogen-bond acceptors (Lipinski definition) is 0. The van der Waals surface area contributed by atoms with E-state index in [1.54, 1.807) is 12.1 Å². The third kappa shape index (κ3) is 2.58. The molecule has 1 unspecified atom stereocenters. The molecule has 0 aliphatic carbocycles. The van der Waals surface area contributed by atoms with Gasteiger partial charge in [0.1, 0.15) is 5.82 Å². The van der Waals surface area contributed by atoms with Crippen molar-refractivity contribution in [2.75, 3.05) is 0 Å². The zero-order valence-corrected chi connectivity index (χ0v) is 13.7. The van der Waals surface area contributed by atoms with E-state index in [9.17, 15) is 4.39 Å². The molecule has 0 N–H and O–H groups in total. The third-order valence-corrected chi connectivity index (χ3v) is 5.09. The van der Waals surface area contributed by atoms with Crippen LogP contribution in [-0.4, -0.2) is 0 Å². The molecule has 0 fully saturated rings. The maximum Gasteiger partial charge on any atom is 0.131 e. The molecule has 0 radical (unpaired) electrons. The topological polar surface area (TPSA) is 0 Å². The maximum atomic E-state index is 13.9. The van der Waals surface area contributed by atoms with E-state index in [4.69, 9.17) is 11.6 Å². The molecule has 0 amide bonds. The predicted molar refractivity (Wildman–Crippen MR) is 90.5 cm³/mol. The van der Waals surface area contributed by atoms with Crippen molar-refractivity contribution in [3.8, 4) is 0 Å². The van der Waals surface area contributed by atoms with E-state index in [-0.39, 0.29) is 11.2 Å². The average molecular weight is 364 g/mol. The lowest BCUT2D eigenvalue weighted by Gasteiger charge is -2.16. The Morgan fingerprint density at radius 1 is 0.905 bits per heavy atom.